The van der Waals surface area contributed by atoms with Gasteiger partial charge in [-0.15, -0.1) is 11.3 Å². The summed E-state index contributed by atoms with van der Waals surface area (Å²) in [4.78, 5) is 29.8. The topological polar surface area (TPSA) is 75.4 Å². The number of anilines is 1. The van der Waals surface area contributed by atoms with Crippen molar-refractivity contribution in [1.29, 1.82) is 0 Å². The summed E-state index contributed by atoms with van der Waals surface area (Å²) >= 11 is 1.54. The van der Waals surface area contributed by atoms with Gasteiger partial charge in [0.1, 0.15) is 11.5 Å². The van der Waals surface area contributed by atoms with Crippen LogP contribution in [0.4, 0.5) is 9.52 Å². The molecule has 1 aliphatic rings. The van der Waals surface area contributed by atoms with Crippen molar-refractivity contribution in [2.45, 2.75) is 38.1 Å². The number of fused-ring (bicyclic) bond motifs is 1. The molecular formula is C30H29FN6OS. The van der Waals surface area contributed by atoms with Gasteiger partial charge in [-0.05, 0) is 62.8 Å². The molecule has 1 saturated carbocycles. The lowest BCUT2D eigenvalue weighted by Gasteiger charge is -2.11. The Morgan fingerprint density at radius 2 is 1.97 bits per heavy atom. The molecule has 198 valence electrons. The van der Waals surface area contributed by atoms with Gasteiger partial charge in [0, 0.05) is 40.4 Å². The lowest BCUT2D eigenvalue weighted by molar-refractivity contribution is -0.115. The smallest absolute Gasteiger partial charge is 0.230 e. The second-order valence-electron chi connectivity index (χ2n) is 10.6. The predicted molar refractivity (Wildman–Crippen MR) is 152 cm³/mol. The van der Waals surface area contributed by atoms with Gasteiger partial charge in [0.05, 0.1) is 29.7 Å². The Kier molecular flexibility index (Phi) is 6.48. The van der Waals surface area contributed by atoms with Gasteiger partial charge in [0.25, 0.3) is 0 Å². The van der Waals surface area contributed by atoms with E-state index in [2.05, 4.69) is 27.1 Å². The van der Waals surface area contributed by atoms with Crippen LogP contribution < -0.4 is 5.32 Å². The van der Waals surface area contributed by atoms with E-state index in [0.717, 1.165) is 47.7 Å². The van der Waals surface area contributed by atoms with Gasteiger partial charge in [-0.25, -0.2) is 14.4 Å². The van der Waals surface area contributed by atoms with Crippen LogP contribution in [0.1, 0.15) is 35.9 Å². The highest BCUT2D eigenvalue weighted by Crippen LogP contribution is 2.51. The highest BCUT2D eigenvalue weighted by Gasteiger charge is 2.43. The minimum absolute atomic E-state index is 0.0676. The van der Waals surface area contributed by atoms with Crippen LogP contribution >= 0.6 is 11.3 Å². The van der Waals surface area contributed by atoms with Crippen molar-refractivity contribution in [3.05, 3.63) is 89.1 Å². The molecule has 39 heavy (non-hydrogen) atoms. The molecule has 7 nitrogen and oxygen atoms in total. The average Bonchev–Trinajstić information content (AvgIpc) is 3.33. The lowest BCUT2D eigenvalue weighted by Crippen LogP contribution is -2.16. The zero-order valence-electron chi connectivity index (χ0n) is 22.1. The molecule has 0 aliphatic heterocycles. The molecule has 0 radical (unpaired) electrons. The maximum absolute atomic E-state index is 15.2. The third-order valence-corrected chi connectivity index (χ3v) is 8.45. The standard InChI is InChI=1S/C30H29FN6OS/c1-30(10-11-30)28-24(18-36(2)3)34-29(39-28)35-27(38)16-19-7-8-21(14-22(19)31)25-17-33-26-15-20(9-13-37(25)26)23-6-4-5-12-32-23/h4-9,12-15,17H,10-11,16,18H2,1-3H3,(H,34,35,38). The van der Waals surface area contributed by atoms with Gasteiger partial charge in [-0.1, -0.05) is 25.1 Å². The lowest BCUT2D eigenvalue weighted by atomic mass is 10.1. The summed E-state index contributed by atoms with van der Waals surface area (Å²) in [5, 5.41) is 3.48. The molecule has 1 fully saturated rings. The molecule has 0 spiro atoms. The van der Waals surface area contributed by atoms with Gasteiger partial charge >= 0.3 is 0 Å². The van der Waals surface area contributed by atoms with Crippen LogP contribution in [0.2, 0.25) is 0 Å². The van der Waals surface area contributed by atoms with Crippen molar-refractivity contribution in [2.75, 3.05) is 19.4 Å². The first-order chi connectivity index (χ1) is 18.8. The number of thiazole rings is 1. The highest BCUT2D eigenvalue weighted by molar-refractivity contribution is 7.16. The average molecular weight is 541 g/mol. The van der Waals surface area contributed by atoms with Gasteiger partial charge in [0.2, 0.25) is 5.91 Å². The van der Waals surface area contributed by atoms with E-state index in [4.69, 9.17) is 4.98 Å². The van der Waals surface area contributed by atoms with Gasteiger partial charge in [0.15, 0.2) is 5.13 Å². The molecule has 0 bridgehead atoms. The van der Waals surface area contributed by atoms with E-state index in [0.29, 0.717) is 16.3 Å². The number of carbonyl (C=O) groups is 1. The normalized spacial score (nSPS) is 14.2. The van der Waals surface area contributed by atoms with E-state index in [1.165, 1.54) is 22.3 Å². The third-order valence-electron chi connectivity index (χ3n) is 7.13. The number of aromatic nitrogens is 4. The number of nitrogens with zero attached hydrogens (tertiary/aromatic N) is 5. The number of benzene rings is 1. The molecule has 4 aromatic heterocycles. The van der Waals surface area contributed by atoms with Crippen molar-refractivity contribution in [1.82, 2.24) is 24.3 Å². The zero-order chi connectivity index (χ0) is 27.1. The van der Waals surface area contributed by atoms with Crippen molar-refractivity contribution < 1.29 is 9.18 Å². The Bertz CT molecular complexity index is 1670. The monoisotopic (exact) mass is 540 g/mol. The van der Waals surface area contributed by atoms with Crippen LogP contribution in [0.15, 0.2) is 67.1 Å². The molecule has 0 atom stereocenters. The van der Waals surface area contributed by atoms with Crippen LogP contribution in [0.25, 0.3) is 28.2 Å². The molecule has 0 saturated heterocycles. The number of carbonyl (C=O) groups excluding carboxylic acids is 1. The van der Waals surface area contributed by atoms with Crippen molar-refractivity contribution >= 4 is 28.0 Å². The van der Waals surface area contributed by atoms with Crippen LogP contribution in [-0.4, -0.2) is 44.3 Å². The van der Waals surface area contributed by atoms with Crippen molar-refractivity contribution in [2.24, 2.45) is 0 Å². The molecule has 9 heteroatoms. The summed E-state index contributed by atoms with van der Waals surface area (Å²) in [6, 6.07) is 14.6. The quantitative estimate of drug-likeness (QED) is 0.263. The third kappa shape index (κ3) is 5.20. The Morgan fingerprint density at radius 3 is 2.69 bits per heavy atom. The SMILES string of the molecule is CN(C)Cc1nc(NC(=O)Cc2ccc(-c3cnc4cc(-c5ccccn5)ccn34)cc2F)sc1C1(C)CC1. The first-order valence-electron chi connectivity index (χ1n) is 12.9. The number of rotatable bonds is 8. The summed E-state index contributed by atoms with van der Waals surface area (Å²) in [6.45, 7) is 2.96. The fourth-order valence-corrected chi connectivity index (χ4v) is 5.96. The van der Waals surface area contributed by atoms with Crippen LogP contribution in [-0.2, 0) is 23.2 Å². The number of imidazole rings is 1. The van der Waals surface area contributed by atoms with Gasteiger partial charge in [-0.2, -0.15) is 0 Å². The van der Waals surface area contributed by atoms with E-state index in [9.17, 15) is 4.79 Å². The summed E-state index contributed by atoms with van der Waals surface area (Å²) in [6.07, 6.45) is 7.60. The number of pyridine rings is 2. The predicted octanol–water partition coefficient (Wildman–Crippen LogP) is 5.95. The molecule has 1 amide bonds. The fourth-order valence-electron chi connectivity index (χ4n) is 4.77. The van der Waals surface area contributed by atoms with E-state index in [-0.39, 0.29) is 17.7 Å². The number of halogens is 1. The van der Waals surface area contributed by atoms with E-state index < -0.39 is 5.82 Å². The summed E-state index contributed by atoms with van der Waals surface area (Å²) in [7, 11) is 4.02. The van der Waals surface area contributed by atoms with Gasteiger partial charge in [-0.3, -0.25) is 14.2 Å². The van der Waals surface area contributed by atoms with Crippen molar-refractivity contribution in [3.8, 4) is 22.5 Å². The summed E-state index contributed by atoms with van der Waals surface area (Å²) in [5.41, 5.74) is 5.52. The Hall–Kier alpha value is -3.95. The van der Waals surface area contributed by atoms with E-state index in [1.807, 2.05) is 61.1 Å². The number of amides is 1. The highest BCUT2D eigenvalue weighted by atomic mass is 32.1. The molecule has 1 aromatic carbocycles. The Labute approximate surface area is 230 Å². The van der Waals surface area contributed by atoms with Gasteiger partial charge < -0.3 is 10.2 Å². The summed E-state index contributed by atoms with van der Waals surface area (Å²) < 4.78 is 17.1. The maximum Gasteiger partial charge on any atom is 0.230 e. The minimum Gasteiger partial charge on any atom is -0.304 e. The zero-order valence-corrected chi connectivity index (χ0v) is 22.9. The molecule has 1 aliphatic carbocycles. The van der Waals surface area contributed by atoms with Crippen LogP contribution in [0.5, 0.6) is 0 Å². The number of nitrogens with one attached hydrogen (secondary N) is 1. The second kappa shape index (κ2) is 9.98. The fraction of sp³-hybridized carbons (Fsp3) is 0.267. The Balaban J connectivity index is 1.18. The minimum atomic E-state index is -0.429. The second-order valence-corrected chi connectivity index (χ2v) is 11.6. The molecule has 6 rings (SSSR count). The maximum atomic E-state index is 15.2. The number of hydrogen-bond donors (Lipinski definition) is 1. The Morgan fingerprint density at radius 1 is 1.13 bits per heavy atom. The summed E-state index contributed by atoms with van der Waals surface area (Å²) in [5.74, 6) is -0.711. The molecular weight excluding hydrogens is 511 g/mol. The van der Waals surface area contributed by atoms with Crippen LogP contribution in [0, 0.1) is 5.82 Å². The first kappa shape index (κ1) is 25.3. The molecule has 1 N–H and O–H groups in total. The number of hydrogen-bond acceptors (Lipinski definition) is 6. The van der Waals surface area contributed by atoms with E-state index >= 15 is 4.39 Å². The molecule has 0 unspecified atom stereocenters. The van der Waals surface area contributed by atoms with Crippen LogP contribution in [0.3, 0.4) is 0 Å². The first-order valence-corrected chi connectivity index (χ1v) is 13.7. The largest absolute Gasteiger partial charge is 0.304 e. The van der Waals surface area contributed by atoms with E-state index in [1.54, 1.807) is 18.5 Å². The molecule has 5 aromatic rings. The molecule has 4 heterocycles. The van der Waals surface area contributed by atoms with Crippen molar-refractivity contribution in [3.63, 3.8) is 0 Å².